The molecule has 4 nitrogen and oxygen atoms in total. The molecule has 5 aliphatic rings. The van der Waals surface area contributed by atoms with Gasteiger partial charge in [-0.2, -0.15) is 0 Å². The Morgan fingerprint density at radius 2 is 2.05 bits per heavy atom. The van der Waals surface area contributed by atoms with Crippen molar-refractivity contribution in [3.05, 3.63) is 0 Å². The Labute approximate surface area is 121 Å². The summed E-state index contributed by atoms with van der Waals surface area (Å²) in [6.45, 7) is 3.48. The highest BCUT2D eigenvalue weighted by Crippen LogP contribution is 2.48. The van der Waals surface area contributed by atoms with Crippen molar-refractivity contribution in [1.82, 2.24) is 10.2 Å². The largest absolute Gasteiger partial charge is 0.368 e. The molecule has 2 saturated carbocycles. The van der Waals surface area contributed by atoms with Gasteiger partial charge in [-0.3, -0.25) is 9.69 Å². The predicted molar refractivity (Wildman–Crippen MR) is 78.1 cm³/mol. The number of fused-ring (bicyclic) bond motifs is 1. The first-order valence-electron chi connectivity index (χ1n) is 8.47. The number of nitrogens with two attached hydrogens (primary N) is 1. The van der Waals surface area contributed by atoms with Crippen LogP contribution in [0.25, 0.3) is 0 Å². The lowest BCUT2D eigenvalue weighted by Gasteiger charge is -2.50. The van der Waals surface area contributed by atoms with Crippen LogP contribution >= 0.6 is 0 Å². The van der Waals surface area contributed by atoms with Crippen LogP contribution < -0.4 is 11.1 Å². The molecule has 3 aliphatic heterocycles. The molecule has 5 fully saturated rings. The summed E-state index contributed by atoms with van der Waals surface area (Å²) < 4.78 is 0. The van der Waals surface area contributed by atoms with Crippen molar-refractivity contribution < 1.29 is 4.79 Å². The topological polar surface area (TPSA) is 58.4 Å². The highest BCUT2D eigenvalue weighted by Gasteiger charge is 2.58. The van der Waals surface area contributed by atoms with Gasteiger partial charge in [0, 0.05) is 25.7 Å². The number of rotatable bonds is 3. The van der Waals surface area contributed by atoms with E-state index in [1.54, 1.807) is 0 Å². The zero-order valence-electron chi connectivity index (χ0n) is 12.3. The summed E-state index contributed by atoms with van der Waals surface area (Å²) in [4.78, 5) is 14.6. The number of nitrogens with one attached hydrogen (secondary N) is 1. The van der Waals surface area contributed by atoms with Crippen molar-refractivity contribution >= 4 is 5.91 Å². The van der Waals surface area contributed by atoms with E-state index in [9.17, 15) is 4.79 Å². The first kappa shape index (κ1) is 13.1. The van der Waals surface area contributed by atoms with E-state index < -0.39 is 0 Å². The van der Waals surface area contributed by atoms with E-state index in [4.69, 9.17) is 5.73 Å². The van der Waals surface area contributed by atoms with E-state index in [-0.39, 0.29) is 11.4 Å². The molecule has 1 amide bonds. The van der Waals surface area contributed by atoms with Crippen LogP contribution in [0, 0.1) is 17.8 Å². The Balaban J connectivity index is 1.48. The standard InChI is InChI=1S/C16H27N3O/c17-15(20)16-6-12-10-19(9-11-4-2-1-3-5-11)14(7-16)13(12)8-18-16/h11-14,18H,1-10H2,(H2,17,20). The first-order chi connectivity index (χ1) is 9.68. The summed E-state index contributed by atoms with van der Waals surface area (Å²) in [7, 11) is 0. The molecule has 112 valence electrons. The van der Waals surface area contributed by atoms with Gasteiger partial charge in [0.2, 0.25) is 5.91 Å². The number of hydrogen-bond donors (Lipinski definition) is 2. The number of carbonyl (C=O) groups is 1. The van der Waals surface area contributed by atoms with Crippen LogP contribution in [0.1, 0.15) is 44.9 Å². The van der Waals surface area contributed by atoms with Crippen LogP contribution in [0.4, 0.5) is 0 Å². The maximum Gasteiger partial charge on any atom is 0.237 e. The van der Waals surface area contributed by atoms with Crippen molar-refractivity contribution in [1.29, 1.82) is 0 Å². The van der Waals surface area contributed by atoms with E-state index in [1.807, 2.05) is 0 Å². The molecule has 5 rings (SSSR count). The van der Waals surface area contributed by atoms with Gasteiger partial charge in [-0.15, -0.1) is 0 Å². The van der Waals surface area contributed by atoms with Crippen molar-refractivity contribution in [2.45, 2.75) is 56.5 Å². The molecule has 0 radical (unpaired) electrons. The molecule has 20 heavy (non-hydrogen) atoms. The SMILES string of the molecule is NC(=O)C12CC3CN(CC4CCCCC4)C(C1)C3CN2. The maximum atomic E-state index is 11.9. The van der Waals surface area contributed by atoms with Crippen LogP contribution in [0.5, 0.6) is 0 Å². The van der Waals surface area contributed by atoms with Crippen LogP contribution in [0.2, 0.25) is 0 Å². The van der Waals surface area contributed by atoms with Crippen molar-refractivity contribution in [3.8, 4) is 0 Å². The molecule has 0 aromatic rings. The van der Waals surface area contributed by atoms with Gasteiger partial charge >= 0.3 is 0 Å². The van der Waals surface area contributed by atoms with Gasteiger partial charge in [0.05, 0.1) is 5.54 Å². The number of piperidine rings is 2. The Morgan fingerprint density at radius 3 is 2.80 bits per heavy atom. The number of nitrogens with zero attached hydrogens (tertiary/aromatic N) is 1. The summed E-state index contributed by atoms with van der Waals surface area (Å²) >= 11 is 0. The fourth-order valence-electron chi connectivity index (χ4n) is 5.50. The van der Waals surface area contributed by atoms with Crippen molar-refractivity contribution in [2.75, 3.05) is 19.6 Å². The van der Waals surface area contributed by atoms with Gasteiger partial charge in [-0.25, -0.2) is 0 Å². The van der Waals surface area contributed by atoms with Crippen LogP contribution in [0.3, 0.4) is 0 Å². The molecule has 0 aromatic heterocycles. The minimum absolute atomic E-state index is 0.120. The number of likely N-dealkylation sites (tertiary alicyclic amines) is 1. The van der Waals surface area contributed by atoms with E-state index in [2.05, 4.69) is 10.2 Å². The van der Waals surface area contributed by atoms with Gasteiger partial charge in [0.15, 0.2) is 0 Å². The molecule has 3 heterocycles. The molecular formula is C16H27N3O. The summed E-state index contributed by atoms with van der Waals surface area (Å²) in [6, 6.07) is 0.615. The monoisotopic (exact) mass is 277 g/mol. The van der Waals surface area contributed by atoms with Gasteiger partial charge in [0.1, 0.15) is 0 Å². The zero-order valence-corrected chi connectivity index (χ0v) is 12.3. The molecule has 3 N–H and O–H groups in total. The van der Waals surface area contributed by atoms with Crippen LogP contribution in [-0.4, -0.2) is 42.0 Å². The molecule has 2 aliphatic carbocycles. The Kier molecular flexibility index (Phi) is 3.08. The lowest BCUT2D eigenvalue weighted by atomic mass is 9.65. The van der Waals surface area contributed by atoms with Gasteiger partial charge in [0.25, 0.3) is 0 Å². The van der Waals surface area contributed by atoms with E-state index in [0.29, 0.717) is 12.0 Å². The molecular weight excluding hydrogens is 250 g/mol. The van der Waals surface area contributed by atoms with Crippen LogP contribution in [-0.2, 0) is 4.79 Å². The maximum absolute atomic E-state index is 11.9. The van der Waals surface area contributed by atoms with E-state index in [0.717, 1.165) is 31.2 Å². The van der Waals surface area contributed by atoms with Gasteiger partial charge in [-0.1, -0.05) is 19.3 Å². The molecule has 3 saturated heterocycles. The Morgan fingerprint density at radius 1 is 1.25 bits per heavy atom. The smallest absolute Gasteiger partial charge is 0.237 e. The second kappa shape index (κ2) is 4.70. The molecule has 4 heteroatoms. The number of primary amides is 1. The molecule has 4 bridgehead atoms. The third kappa shape index (κ3) is 1.92. The highest BCUT2D eigenvalue weighted by molar-refractivity contribution is 5.85. The lowest BCUT2D eigenvalue weighted by molar-refractivity contribution is -0.129. The summed E-state index contributed by atoms with van der Waals surface area (Å²) in [5, 5.41) is 3.46. The predicted octanol–water partition coefficient (Wildman–Crippen LogP) is 1.10. The molecule has 4 atom stereocenters. The highest BCUT2D eigenvalue weighted by atomic mass is 16.1. The second-order valence-corrected chi connectivity index (χ2v) is 7.68. The van der Waals surface area contributed by atoms with Crippen molar-refractivity contribution in [3.63, 3.8) is 0 Å². The number of hydrogen-bond acceptors (Lipinski definition) is 3. The van der Waals surface area contributed by atoms with E-state index >= 15 is 0 Å². The Hall–Kier alpha value is -0.610. The Bertz CT molecular complexity index is 407. The van der Waals surface area contributed by atoms with Gasteiger partial charge < -0.3 is 11.1 Å². The molecule has 0 aromatic carbocycles. The van der Waals surface area contributed by atoms with Gasteiger partial charge in [-0.05, 0) is 43.4 Å². The summed E-state index contributed by atoms with van der Waals surface area (Å²) in [5.41, 5.74) is 5.32. The quantitative estimate of drug-likeness (QED) is 0.812. The third-order valence-electron chi connectivity index (χ3n) is 6.57. The molecule has 4 unspecified atom stereocenters. The fourth-order valence-corrected chi connectivity index (χ4v) is 5.50. The van der Waals surface area contributed by atoms with E-state index in [1.165, 1.54) is 45.2 Å². The second-order valence-electron chi connectivity index (χ2n) is 7.68. The number of amides is 1. The van der Waals surface area contributed by atoms with Crippen LogP contribution in [0.15, 0.2) is 0 Å². The summed E-state index contributed by atoms with van der Waals surface area (Å²) in [6.07, 6.45) is 9.03. The minimum atomic E-state index is -0.384. The minimum Gasteiger partial charge on any atom is -0.368 e. The average molecular weight is 277 g/mol. The normalized spacial score (nSPS) is 44.9. The zero-order chi connectivity index (χ0) is 13.7. The lowest BCUT2D eigenvalue weighted by Crippen LogP contribution is -2.68. The fraction of sp³-hybridized carbons (Fsp3) is 0.938. The summed E-state index contributed by atoms with van der Waals surface area (Å²) in [5.74, 6) is 2.25. The first-order valence-corrected chi connectivity index (χ1v) is 8.47. The number of carbonyl (C=O) groups excluding carboxylic acids is 1. The average Bonchev–Trinajstić information content (AvgIpc) is 2.72. The van der Waals surface area contributed by atoms with Crippen molar-refractivity contribution in [2.24, 2.45) is 23.5 Å². The third-order valence-corrected chi connectivity index (χ3v) is 6.57. The molecule has 0 spiro atoms.